The van der Waals surface area contributed by atoms with Gasteiger partial charge in [-0.2, -0.15) is 0 Å². The van der Waals surface area contributed by atoms with Crippen molar-refractivity contribution in [2.24, 2.45) is 11.7 Å². The summed E-state index contributed by atoms with van der Waals surface area (Å²) >= 11 is 4.92. The highest BCUT2D eigenvalue weighted by Gasteiger charge is 2.14. The zero-order valence-corrected chi connectivity index (χ0v) is 11.1. The summed E-state index contributed by atoms with van der Waals surface area (Å²) in [5, 5.41) is 0. The lowest BCUT2D eigenvalue weighted by Gasteiger charge is -2.29. The highest BCUT2D eigenvalue weighted by molar-refractivity contribution is 7.80. The summed E-state index contributed by atoms with van der Waals surface area (Å²) in [4.78, 5) is 6.92. The molecule has 0 aliphatic heterocycles. The number of hydrogen-bond acceptors (Lipinski definition) is 3. The summed E-state index contributed by atoms with van der Waals surface area (Å²) in [5.41, 5.74) is 6.25. The molecule has 0 radical (unpaired) electrons. The topological polar surface area (TPSA) is 42.1 Å². The second kappa shape index (κ2) is 5.25. The molecule has 1 heterocycles. The smallest absolute Gasteiger partial charge is 0.129 e. The Morgan fingerprint density at radius 1 is 1.38 bits per heavy atom. The van der Waals surface area contributed by atoms with Gasteiger partial charge in [0.2, 0.25) is 0 Å². The Kier molecular flexibility index (Phi) is 4.24. The number of thiocarbonyl (C=S) groups is 1. The third-order valence-corrected chi connectivity index (χ3v) is 3.13. The SMILES string of the molecule is CC(C)C(C)N(C)c1cccc(C(N)=S)n1. The second-order valence-corrected chi connectivity index (χ2v) is 4.78. The molecule has 1 atom stereocenters. The normalized spacial score (nSPS) is 12.6. The standard InChI is InChI=1S/C12H19N3S/c1-8(2)9(3)15(4)11-7-5-6-10(14-11)12(13)16/h5-9H,1-4H3,(H2,13,16). The van der Waals surface area contributed by atoms with E-state index in [4.69, 9.17) is 18.0 Å². The lowest BCUT2D eigenvalue weighted by atomic mass is 10.1. The first-order valence-corrected chi connectivity index (χ1v) is 5.84. The summed E-state index contributed by atoms with van der Waals surface area (Å²) in [6.45, 7) is 6.57. The van der Waals surface area contributed by atoms with Crippen LogP contribution in [0, 0.1) is 5.92 Å². The number of pyridine rings is 1. The molecule has 1 rings (SSSR count). The molecule has 0 bridgehead atoms. The van der Waals surface area contributed by atoms with Gasteiger partial charge in [0.05, 0.1) is 5.69 Å². The van der Waals surface area contributed by atoms with Crippen LogP contribution in [0.2, 0.25) is 0 Å². The average Bonchev–Trinajstić information content (AvgIpc) is 2.27. The predicted molar refractivity (Wildman–Crippen MR) is 72.8 cm³/mol. The van der Waals surface area contributed by atoms with Gasteiger partial charge in [0.1, 0.15) is 10.8 Å². The Bertz CT molecular complexity index is 376. The van der Waals surface area contributed by atoms with Gasteiger partial charge in [-0.25, -0.2) is 4.98 Å². The zero-order chi connectivity index (χ0) is 12.3. The molecule has 0 saturated carbocycles. The lowest BCUT2D eigenvalue weighted by molar-refractivity contribution is 0.503. The maximum atomic E-state index is 5.57. The monoisotopic (exact) mass is 237 g/mol. The molecule has 0 spiro atoms. The fourth-order valence-electron chi connectivity index (χ4n) is 1.41. The van der Waals surface area contributed by atoms with Crippen LogP contribution in [-0.2, 0) is 0 Å². The van der Waals surface area contributed by atoms with Crippen LogP contribution < -0.4 is 10.6 Å². The molecule has 2 N–H and O–H groups in total. The van der Waals surface area contributed by atoms with Crippen molar-refractivity contribution in [3.05, 3.63) is 23.9 Å². The fraction of sp³-hybridized carbons (Fsp3) is 0.500. The van der Waals surface area contributed by atoms with Gasteiger partial charge in [-0.1, -0.05) is 32.1 Å². The molecule has 0 saturated heterocycles. The number of anilines is 1. The molecule has 1 unspecified atom stereocenters. The van der Waals surface area contributed by atoms with Crippen molar-refractivity contribution >= 4 is 23.0 Å². The van der Waals surface area contributed by atoms with Crippen molar-refractivity contribution in [2.75, 3.05) is 11.9 Å². The number of nitrogens with zero attached hydrogens (tertiary/aromatic N) is 2. The summed E-state index contributed by atoms with van der Waals surface area (Å²) < 4.78 is 0. The van der Waals surface area contributed by atoms with Gasteiger partial charge in [0.25, 0.3) is 0 Å². The molecule has 0 amide bonds. The third-order valence-electron chi connectivity index (χ3n) is 2.92. The van der Waals surface area contributed by atoms with E-state index < -0.39 is 0 Å². The first-order chi connectivity index (χ1) is 7.43. The van der Waals surface area contributed by atoms with Crippen LogP contribution in [-0.4, -0.2) is 23.1 Å². The average molecular weight is 237 g/mol. The lowest BCUT2D eigenvalue weighted by Crippen LogP contribution is -2.34. The summed E-state index contributed by atoms with van der Waals surface area (Å²) in [7, 11) is 2.04. The van der Waals surface area contributed by atoms with Crippen molar-refractivity contribution in [1.29, 1.82) is 0 Å². The van der Waals surface area contributed by atoms with Gasteiger partial charge in [0.15, 0.2) is 0 Å². The molecular weight excluding hydrogens is 218 g/mol. The second-order valence-electron chi connectivity index (χ2n) is 4.34. The van der Waals surface area contributed by atoms with E-state index in [9.17, 15) is 0 Å². The number of rotatable bonds is 4. The molecular formula is C12H19N3S. The quantitative estimate of drug-likeness (QED) is 0.815. The minimum absolute atomic E-state index is 0.340. The molecule has 88 valence electrons. The molecule has 0 aliphatic carbocycles. The van der Waals surface area contributed by atoms with E-state index >= 15 is 0 Å². The first-order valence-electron chi connectivity index (χ1n) is 5.43. The molecule has 1 aromatic rings. The Morgan fingerprint density at radius 2 is 2.00 bits per heavy atom. The number of hydrogen-bond donors (Lipinski definition) is 1. The van der Waals surface area contributed by atoms with Crippen LogP contribution in [0.1, 0.15) is 26.5 Å². The van der Waals surface area contributed by atoms with Crippen LogP contribution in [0.4, 0.5) is 5.82 Å². The summed E-state index contributed by atoms with van der Waals surface area (Å²) in [5.74, 6) is 1.48. The Morgan fingerprint density at radius 3 is 2.50 bits per heavy atom. The van der Waals surface area contributed by atoms with Crippen LogP contribution in [0.15, 0.2) is 18.2 Å². The van der Waals surface area contributed by atoms with Gasteiger partial charge in [0, 0.05) is 13.1 Å². The molecule has 0 aromatic carbocycles. The van der Waals surface area contributed by atoms with Gasteiger partial charge < -0.3 is 10.6 Å². The van der Waals surface area contributed by atoms with E-state index in [1.54, 1.807) is 0 Å². The van der Waals surface area contributed by atoms with Gasteiger partial charge >= 0.3 is 0 Å². The Labute approximate surface area is 103 Å². The number of nitrogens with two attached hydrogens (primary N) is 1. The van der Waals surface area contributed by atoms with E-state index in [0.717, 1.165) is 5.82 Å². The van der Waals surface area contributed by atoms with E-state index in [1.165, 1.54) is 0 Å². The van der Waals surface area contributed by atoms with E-state index in [-0.39, 0.29) is 0 Å². The summed E-state index contributed by atoms with van der Waals surface area (Å²) in [6.07, 6.45) is 0. The zero-order valence-electron chi connectivity index (χ0n) is 10.3. The Hall–Kier alpha value is -1.16. The first kappa shape index (κ1) is 12.9. The van der Waals surface area contributed by atoms with Gasteiger partial charge in [-0.05, 0) is 25.0 Å². The molecule has 0 aliphatic rings. The highest BCUT2D eigenvalue weighted by atomic mass is 32.1. The summed E-state index contributed by atoms with van der Waals surface area (Å²) in [6, 6.07) is 6.16. The van der Waals surface area contributed by atoms with Gasteiger partial charge in [-0.3, -0.25) is 0 Å². The molecule has 16 heavy (non-hydrogen) atoms. The van der Waals surface area contributed by atoms with Crippen molar-refractivity contribution in [2.45, 2.75) is 26.8 Å². The van der Waals surface area contributed by atoms with E-state index in [1.807, 2.05) is 25.2 Å². The van der Waals surface area contributed by atoms with Crippen molar-refractivity contribution in [1.82, 2.24) is 4.98 Å². The molecule has 3 nitrogen and oxygen atoms in total. The molecule has 4 heteroatoms. The van der Waals surface area contributed by atoms with Gasteiger partial charge in [-0.15, -0.1) is 0 Å². The maximum absolute atomic E-state index is 5.57. The Balaban J connectivity index is 2.95. The number of aromatic nitrogens is 1. The third kappa shape index (κ3) is 2.92. The molecule has 0 fully saturated rings. The predicted octanol–water partition coefficient (Wildman–Crippen LogP) is 2.20. The van der Waals surface area contributed by atoms with E-state index in [2.05, 4.69) is 30.7 Å². The van der Waals surface area contributed by atoms with Crippen molar-refractivity contribution < 1.29 is 0 Å². The van der Waals surface area contributed by atoms with Crippen LogP contribution in [0.25, 0.3) is 0 Å². The minimum atomic E-state index is 0.340. The van der Waals surface area contributed by atoms with Crippen LogP contribution in [0.3, 0.4) is 0 Å². The van der Waals surface area contributed by atoms with Crippen LogP contribution in [0.5, 0.6) is 0 Å². The van der Waals surface area contributed by atoms with Crippen molar-refractivity contribution in [3.8, 4) is 0 Å². The highest BCUT2D eigenvalue weighted by Crippen LogP contribution is 2.16. The molecule has 1 aromatic heterocycles. The maximum Gasteiger partial charge on any atom is 0.129 e. The van der Waals surface area contributed by atoms with Crippen LogP contribution >= 0.6 is 12.2 Å². The van der Waals surface area contributed by atoms with E-state index in [0.29, 0.717) is 22.6 Å². The van der Waals surface area contributed by atoms with Crippen molar-refractivity contribution in [3.63, 3.8) is 0 Å². The minimum Gasteiger partial charge on any atom is -0.388 e. The fourth-order valence-corrected chi connectivity index (χ4v) is 1.53. The largest absolute Gasteiger partial charge is 0.388 e.